The van der Waals surface area contributed by atoms with Crippen LogP contribution in [0, 0.1) is 12.8 Å². The first-order valence-corrected chi connectivity index (χ1v) is 5.88. The number of amides is 1. The van der Waals surface area contributed by atoms with Crippen molar-refractivity contribution in [2.75, 3.05) is 11.6 Å². The number of nitrogens with zero attached hydrogens (tertiary/aromatic N) is 2. The predicted octanol–water partition coefficient (Wildman–Crippen LogP) is 0.781. The molecule has 0 bridgehead atoms. The Balaban J connectivity index is 2.34. The molecule has 0 aromatic heterocycles. The monoisotopic (exact) mass is 262 g/mol. The lowest BCUT2D eigenvalue weighted by molar-refractivity contribution is -0.130. The highest BCUT2D eigenvalue weighted by atomic mass is 16.4. The van der Waals surface area contributed by atoms with Crippen LogP contribution in [0.3, 0.4) is 0 Å². The SMILES string of the molecule is Cc1ccc(N2N=C(C(=O)O)C(CCO)C2=O)cc1. The summed E-state index contributed by atoms with van der Waals surface area (Å²) in [6.45, 7) is 1.65. The highest BCUT2D eigenvalue weighted by Crippen LogP contribution is 2.26. The number of hydrazone groups is 1. The molecule has 6 heteroatoms. The van der Waals surface area contributed by atoms with E-state index in [-0.39, 0.29) is 18.7 Å². The van der Waals surface area contributed by atoms with Gasteiger partial charge < -0.3 is 10.2 Å². The summed E-state index contributed by atoms with van der Waals surface area (Å²) in [5.41, 5.74) is 1.33. The van der Waals surface area contributed by atoms with E-state index < -0.39 is 17.8 Å². The second-order valence-electron chi connectivity index (χ2n) is 4.34. The van der Waals surface area contributed by atoms with Gasteiger partial charge in [-0.05, 0) is 25.5 Å². The molecular formula is C13H14N2O4. The highest BCUT2D eigenvalue weighted by molar-refractivity contribution is 6.43. The number of carboxylic acid groups (broad SMARTS) is 1. The van der Waals surface area contributed by atoms with Gasteiger partial charge in [0.25, 0.3) is 5.91 Å². The molecule has 0 saturated carbocycles. The van der Waals surface area contributed by atoms with E-state index in [4.69, 9.17) is 10.2 Å². The van der Waals surface area contributed by atoms with Crippen LogP contribution in [0.2, 0.25) is 0 Å². The number of carboxylic acids is 1. The normalized spacial score (nSPS) is 18.6. The molecule has 1 amide bonds. The fourth-order valence-corrected chi connectivity index (χ4v) is 1.94. The van der Waals surface area contributed by atoms with Crippen LogP contribution < -0.4 is 5.01 Å². The number of rotatable bonds is 4. The Kier molecular flexibility index (Phi) is 3.62. The largest absolute Gasteiger partial charge is 0.477 e. The summed E-state index contributed by atoms with van der Waals surface area (Å²) >= 11 is 0. The number of aliphatic hydroxyl groups excluding tert-OH is 1. The lowest BCUT2D eigenvalue weighted by Crippen LogP contribution is -2.30. The summed E-state index contributed by atoms with van der Waals surface area (Å²) in [4.78, 5) is 23.2. The minimum Gasteiger partial charge on any atom is -0.477 e. The van der Waals surface area contributed by atoms with E-state index in [1.165, 1.54) is 0 Å². The van der Waals surface area contributed by atoms with Crippen molar-refractivity contribution in [1.82, 2.24) is 0 Å². The topological polar surface area (TPSA) is 90.2 Å². The molecule has 100 valence electrons. The second kappa shape index (κ2) is 5.19. The zero-order valence-electron chi connectivity index (χ0n) is 10.4. The zero-order chi connectivity index (χ0) is 14.0. The minimum atomic E-state index is -1.23. The van der Waals surface area contributed by atoms with Crippen LogP contribution >= 0.6 is 0 Å². The van der Waals surface area contributed by atoms with E-state index >= 15 is 0 Å². The smallest absolute Gasteiger partial charge is 0.352 e. The van der Waals surface area contributed by atoms with Crippen molar-refractivity contribution in [3.63, 3.8) is 0 Å². The van der Waals surface area contributed by atoms with E-state index in [9.17, 15) is 9.59 Å². The van der Waals surface area contributed by atoms with E-state index in [0.29, 0.717) is 5.69 Å². The molecule has 2 N–H and O–H groups in total. The second-order valence-corrected chi connectivity index (χ2v) is 4.34. The minimum absolute atomic E-state index is 0.0618. The number of aliphatic hydroxyl groups is 1. The van der Waals surface area contributed by atoms with Crippen LogP contribution in [0.25, 0.3) is 0 Å². The lowest BCUT2D eigenvalue weighted by atomic mass is 10.00. The van der Waals surface area contributed by atoms with E-state index in [0.717, 1.165) is 10.6 Å². The molecule has 2 rings (SSSR count). The number of anilines is 1. The Labute approximate surface area is 110 Å². The molecule has 1 heterocycles. The summed E-state index contributed by atoms with van der Waals surface area (Å²) < 4.78 is 0. The average Bonchev–Trinajstić information content (AvgIpc) is 2.69. The Morgan fingerprint density at radius 1 is 1.37 bits per heavy atom. The zero-order valence-corrected chi connectivity index (χ0v) is 10.4. The van der Waals surface area contributed by atoms with Gasteiger partial charge in [0, 0.05) is 6.61 Å². The Morgan fingerprint density at radius 2 is 2.00 bits per heavy atom. The molecule has 1 aliphatic heterocycles. The summed E-state index contributed by atoms with van der Waals surface area (Å²) in [6, 6.07) is 7.05. The summed E-state index contributed by atoms with van der Waals surface area (Å²) in [6.07, 6.45) is 0.0618. The first-order chi connectivity index (χ1) is 9.04. The maximum Gasteiger partial charge on any atom is 0.352 e. The van der Waals surface area contributed by atoms with Gasteiger partial charge in [-0.25, -0.2) is 4.79 Å². The molecule has 19 heavy (non-hydrogen) atoms. The van der Waals surface area contributed by atoms with Crippen molar-refractivity contribution < 1.29 is 19.8 Å². The molecule has 0 aliphatic carbocycles. The van der Waals surface area contributed by atoms with Crippen molar-refractivity contribution in [2.45, 2.75) is 13.3 Å². The van der Waals surface area contributed by atoms with Crippen molar-refractivity contribution in [3.05, 3.63) is 29.8 Å². The molecule has 1 aromatic carbocycles. The molecule has 0 spiro atoms. The van der Waals surface area contributed by atoms with Crippen LogP contribution in [0.1, 0.15) is 12.0 Å². The highest BCUT2D eigenvalue weighted by Gasteiger charge is 2.39. The predicted molar refractivity (Wildman–Crippen MR) is 68.9 cm³/mol. The quantitative estimate of drug-likeness (QED) is 0.839. The molecule has 0 saturated heterocycles. The summed E-state index contributed by atoms with van der Waals surface area (Å²) in [5, 5.41) is 22.9. The lowest BCUT2D eigenvalue weighted by Gasteiger charge is -2.13. The molecule has 0 radical (unpaired) electrons. The van der Waals surface area contributed by atoms with Gasteiger partial charge in [-0.15, -0.1) is 0 Å². The summed E-state index contributed by atoms with van der Waals surface area (Å²) in [5.74, 6) is -2.54. The van der Waals surface area contributed by atoms with E-state index in [1.807, 2.05) is 19.1 Å². The van der Waals surface area contributed by atoms with Gasteiger partial charge in [0.05, 0.1) is 11.6 Å². The van der Waals surface area contributed by atoms with Crippen molar-refractivity contribution in [3.8, 4) is 0 Å². The van der Waals surface area contributed by atoms with Crippen LogP contribution in [-0.4, -0.2) is 34.4 Å². The molecule has 6 nitrogen and oxygen atoms in total. The van der Waals surface area contributed by atoms with Gasteiger partial charge in [0.2, 0.25) is 0 Å². The number of aryl methyl sites for hydroxylation is 1. The van der Waals surface area contributed by atoms with Gasteiger partial charge in [-0.3, -0.25) is 4.79 Å². The van der Waals surface area contributed by atoms with Gasteiger partial charge >= 0.3 is 5.97 Å². The third kappa shape index (κ3) is 2.48. The maximum atomic E-state index is 12.1. The van der Waals surface area contributed by atoms with Gasteiger partial charge in [-0.2, -0.15) is 10.1 Å². The average molecular weight is 262 g/mol. The number of aliphatic carboxylic acids is 1. The van der Waals surface area contributed by atoms with E-state index in [1.54, 1.807) is 12.1 Å². The maximum absolute atomic E-state index is 12.1. The van der Waals surface area contributed by atoms with Crippen LogP contribution in [0.5, 0.6) is 0 Å². The van der Waals surface area contributed by atoms with Gasteiger partial charge in [0.15, 0.2) is 5.71 Å². The Bertz CT molecular complexity index is 536. The summed E-state index contributed by atoms with van der Waals surface area (Å²) in [7, 11) is 0. The Morgan fingerprint density at radius 3 is 2.53 bits per heavy atom. The standard InChI is InChI=1S/C13H14N2O4/c1-8-2-4-9(5-3-8)15-12(17)10(6-7-16)11(14-15)13(18)19/h2-5,10,16H,6-7H2,1H3,(H,18,19). The molecule has 1 unspecified atom stereocenters. The number of hydrogen-bond acceptors (Lipinski definition) is 4. The Hall–Kier alpha value is -2.21. The fourth-order valence-electron chi connectivity index (χ4n) is 1.94. The molecule has 0 fully saturated rings. The number of carbonyl (C=O) groups is 2. The molecular weight excluding hydrogens is 248 g/mol. The number of hydrogen-bond donors (Lipinski definition) is 2. The van der Waals surface area contributed by atoms with Crippen molar-refractivity contribution >= 4 is 23.3 Å². The van der Waals surface area contributed by atoms with Gasteiger partial charge in [-0.1, -0.05) is 17.7 Å². The number of carbonyl (C=O) groups excluding carboxylic acids is 1. The van der Waals surface area contributed by atoms with E-state index in [2.05, 4.69) is 5.10 Å². The number of benzene rings is 1. The van der Waals surface area contributed by atoms with Crippen molar-refractivity contribution in [2.24, 2.45) is 11.0 Å². The van der Waals surface area contributed by atoms with Crippen LogP contribution in [0.15, 0.2) is 29.4 Å². The first kappa shape index (κ1) is 13.2. The van der Waals surface area contributed by atoms with Crippen molar-refractivity contribution in [1.29, 1.82) is 0 Å². The third-order valence-corrected chi connectivity index (χ3v) is 2.96. The van der Waals surface area contributed by atoms with Crippen LogP contribution in [0.4, 0.5) is 5.69 Å². The van der Waals surface area contributed by atoms with Gasteiger partial charge in [0.1, 0.15) is 0 Å². The van der Waals surface area contributed by atoms with Crippen LogP contribution in [-0.2, 0) is 9.59 Å². The molecule has 1 atom stereocenters. The fraction of sp³-hybridized carbons (Fsp3) is 0.308. The molecule has 1 aliphatic rings. The molecule has 1 aromatic rings. The third-order valence-electron chi connectivity index (χ3n) is 2.96. The first-order valence-electron chi connectivity index (χ1n) is 5.88.